The smallest absolute Gasteiger partial charge is 0.341 e. The highest BCUT2D eigenvalue weighted by Crippen LogP contribution is 2.26. The third-order valence-electron chi connectivity index (χ3n) is 2.79. The first-order valence-corrected chi connectivity index (χ1v) is 8.32. The number of hydrogen-bond donors (Lipinski definition) is 2. The molecule has 0 spiro atoms. The van der Waals surface area contributed by atoms with E-state index in [4.69, 9.17) is 4.74 Å². The third-order valence-corrected chi connectivity index (χ3v) is 3.51. The number of rotatable bonds is 8. The number of pyridine rings is 1. The number of aromatic nitrogens is 1. The number of hydrogen-bond acceptors (Lipinski definition) is 6. The van der Waals surface area contributed by atoms with Crippen LogP contribution in [0.4, 0.5) is 13.6 Å². The van der Waals surface area contributed by atoms with Crippen molar-refractivity contribution in [2.45, 2.75) is 31.1 Å². The summed E-state index contributed by atoms with van der Waals surface area (Å²) < 4.78 is 29.6. The number of urea groups is 1. The van der Waals surface area contributed by atoms with Gasteiger partial charge in [0.2, 0.25) is 0 Å². The zero-order valence-electron chi connectivity index (χ0n) is 13.8. The van der Waals surface area contributed by atoms with Gasteiger partial charge in [-0.05, 0) is 36.2 Å². The molecule has 0 atom stereocenters. The number of carbonyl (C=O) groups excluding carboxylic acids is 3. The minimum atomic E-state index is -2.75. The lowest BCUT2D eigenvalue weighted by Gasteiger charge is -2.09. The third kappa shape index (κ3) is 8.43. The van der Waals surface area contributed by atoms with E-state index in [0.29, 0.717) is 12.5 Å². The summed E-state index contributed by atoms with van der Waals surface area (Å²) in [7, 11) is 0. The minimum Gasteiger partial charge on any atom is -0.452 e. The van der Waals surface area contributed by atoms with E-state index in [0.717, 1.165) is 6.42 Å². The van der Waals surface area contributed by atoms with E-state index < -0.39 is 30.3 Å². The zero-order valence-corrected chi connectivity index (χ0v) is 14.6. The van der Waals surface area contributed by atoms with Crippen LogP contribution < -0.4 is 10.6 Å². The maximum absolute atomic E-state index is 12.4. The van der Waals surface area contributed by atoms with E-state index in [1.165, 1.54) is 18.3 Å². The molecule has 0 fully saturated rings. The number of amides is 3. The average Bonchev–Trinajstić information content (AvgIpc) is 2.52. The highest BCUT2D eigenvalue weighted by atomic mass is 32.2. The molecule has 1 aromatic heterocycles. The molecule has 7 nitrogen and oxygen atoms in total. The van der Waals surface area contributed by atoms with Crippen molar-refractivity contribution in [3.05, 3.63) is 23.9 Å². The molecular formula is C15H19F2N3O4S. The Morgan fingerprint density at radius 1 is 1.32 bits per heavy atom. The van der Waals surface area contributed by atoms with Gasteiger partial charge in [-0.2, -0.15) is 8.78 Å². The fourth-order valence-corrected chi connectivity index (χ4v) is 2.18. The Balaban J connectivity index is 2.46. The molecule has 0 aliphatic rings. The highest BCUT2D eigenvalue weighted by molar-refractivity contribution is 7.99. The predicted molar refractivity (Wildman–Crippen MR) is 87.4 cm³/mol. The Labute approximate surface area is 147 Å². The summed E-state index contributed by atoms with van der Waals surface area (Å²) in [6, 6.07) is 1.95. The van der Waals surface area contributed by atoms with E-state index in [9.17, 15) is 23.2 Å². The van der Waals surface area contributed by atoms with E-state index in [2.05, 4.69) is 10.3 Å². The lowest BCUT2D eigenvalue weighted by molar-refractivity contribution is -0.123. The van der Waals surface area contributed by atoms with E-state index in [-0.39, 0.29) is 22.4 Å². The summed E-state index contributed by atoms with van der Waals surface area (Å²) in [6.45, 7) is 3.66. The summed E-state index contributed by atoms with van der Waals surface area (Å²) in [5.41, 5.74) is -0.179. The first kappa shape index (κ1) is 20.8. The van der Waals surface area contributed by atoms with Gasteiger partial charge in [0.25, 0.3) is 11.7 Å². The lowest BCUT2D eigenvalue weighted by atomic mass is 10.1. The van der Waals surface area contributed by atoms with Gasteiger partial charge >= 0.3 is 12.0 Å². The molecule has 1 aromatic rings. The number of nitrogens with zero attached hydrogens (tertiary/aromatic N) is 1. The van der Waals surface area contributed by atoms with Crippen molar-refractivity contribution in [3.63, 3.8) is 0 Å². The molecule has 1 rings (SSSR count). The Hall–Kier alpha value is -2.23. The summed E-state index contributed by atoms with van der Waals surface area (Å²) >= 11 is 0.0997. The quantitative estimate of drug-likeness (QED) is 0.535. The first-order chi connectivity index (χ1) is 11.8. The van der Waals surface area contributed by atoms with Crippen molar-refractivity contribution in [1.29, 1.82) is 0 Å². The highest BCUT2D eigenvalue weighted by Gasteiger charge is 2.19. The SMILES string of the molecule is CC(C)CCNC(=O)NC(=O)COC(=O)c1cccnc1SC(F)F. The molecule has 2 N–H and O–H groups in total. The molecule has 25 heavy (non-hydrogen) atoms. The second-order valence-electron chi connectivity index (χ2n) is 5.30. The monoisotopic (exact) mass is 375 g/mol. The van der Waals surface area contributed by atoms with Crippen LogP contribution in [0.1, 0.15) is 30.6 Å². The summed E-state index contributed by atoms with van der Waals surface area (Å²) in [5.74, 6) is -4.16. The van der Waals surface area contributed by atoms with Crippen molar-refractivity contribution in [2.24, 2.45) is 5.92 Å². The van der Waals surface area contributed by atoms with Crippen molar-refractivity contribution in [3.8, 4) is 0 Å². The van der Waals surface area contributed by atoms with Gasteiger partial charge in [0.15, 0.2) is 6.61 Å². The summed E-state index contributed by atoms with van der Waals surface area (Å²) in [5, 5.41) is 4.29. The number of alkyl halides is 2. The number of esters is 1. The Bertz CT molecular complexity index is 614. The molecule has 1 heterocycles. The van der Waals surface area contributed by atoms with Gasteiger partial charge in [-0.15, -0.1) is 0 Å². The molecular weight excluding hydrogens is 356 g/mol. The molecule has 0 aromatic carbocycles. The number of nitrogens with one attached hydrogen (secondary N) is 2. The van der Waals surface area contributed by atoms with Crippen LogP contribution in [-0.4, -0.2) is 41.8 Å². The van der Waals surface area contributed by atoms with Crippen molar-refractivity contribution < 1.29 is 27.9 Å². The number of ether oxygens (including phenoxy) is 1. The standard InChI is InChI=1S/C15H19F2N3O4S/c1-9(2)5-7-19-15(23)20-11(21)8-24-13(22)10-4-3-6-18-12(10)25-14(16)17/h3-4,6,9,14H,5,7-8H2,1-2H3,(H2,19,20,21,23). The Kier molecular flexibility index (Phi) is 8.82. The van der Waals surface area contributed by atoms with Gasteiger partial charge in [0.1, 0.15) is 5.03 Å². The topological polar surface area (TPSA) is 97.4 Å². The van der Waals surface area contributed by atoms with Crippen molar-refractivity contribution in [2.75, 3.05) is 13.2 Å². The van der Waals surface area contributed by atoms with Gasteiger partial charge in [0.05, 0.1) is 5.56 Å². The molecule has 0 saturated carbocycles. The van der Waals surface area contributed by atoms with Crippen LogP contribution >= 0.6 is 11.8 Å². The van der Waals surface area contributed by atoms with Crippen LogP contribution in [0, 0.1) is 5.92 Å². The molecule has 3 amide bonds. The molecule has 0 aliphatic heterocycles. The van der Waals surface area contributed by atoms with Crippen LogP contribution in [-0.2, 0) is 9.53 Å². The van der Waals surface area contributed by atoms with Gasteiger partial charge in [0, 0.05) is 12.7 Å². The lowest BCUT2D eigenvalue weighted by Crippen LogP contribution is -2.42. The van der Waals surface area contributed by atoms with Gasteiger partial charge in [-0.1, -0.05) is 13.8 Å². The fourth-order valence-electron chi connectivity index (χ4n) is 1.61. The van der Waals surface area contributed by atoms with Gasteiger partial charge in [-0.3, -0.25) is 10.1 Å². The van der Waals surface area contributed by atoms with E-state index >= 15 is 0 Å². The molecule has 138 valence electrons. The molecule has 0 unspecified atom stereocenters. The Morgan fingerprint density at radius 3 is 2.68 bits per heavy atom. The van der Waals surface area contributed by atoms with Crippen LogP contribution in [0.2, 0.25) is 0 Å². The van der Waals surface area contributed by atoms with E-state index in [1.807, 2.05) is 19.2 Å². The summed E-state index contributed by atoms with van der Waals surface area (Å²) in [6.07, 6.45) is 2.01. The van der Waals surface area contributed by atoms with Gasteiger partial charge in [-0.25, -0.2) is 14.6 Å². The maximum atomic E-state index is 12.4. The van der Waals surface area contributed by atoms with E-state index in [1.54, 1.807) is 0 Å². The van der Waals surface area contributed by atoms with Crippen LogP contribution in [0.25, 0.3) is 0 Å². The molecule has 0 radical (unpaired) electrons. The minimum absolute atomic E-state index is 0.0997. The predicted octanol–water partition coefficient (Wildman–Crippen LogP) is 2.42. The molecule has 0 bridgehead atoms. The average molecular weight is 375 g/mol. The van der Waals surface area contributed by atoms with Crippen LogP contribution in [0.3, 0.4) is 0 Å². The second-order valence-corrected chi connectivity index (χ2v) is 6.28. The zero-order chi connectivity index (χ0) is 18.8. The largest absolute Gasteiger partial charge is 0.452 e. The van der Waals surface area contributed by atoms with Crippen molar-refractivity contribution >= 4 is 29.7 Å². The molecule has 10 heteroatoms. The number of carbonyl (C=O) groups is 3. The normalized spacial score (nSPS) is 10.6. The maximum Gasteiger partial charge on any atom is 0.341 e. The van der Waals surface area contributed by atoms with Gasteiger partial charge < -0.3 is 10.1 Å². The first-order valence-electron chi connectivity index (χ1n) is 7.44. The van der Waals surface area contributed by atoms with Crippen LogP contribution in [0.5, 0.6) is 0 Å². The number of halogens is 2. The molecule has 0 saturated heterocycles. The summed E-state index contributed by atoms with van der Waals surface area (Å²) in [4.78, 5) is 38.6. The number of imide groups is 1. The second kappa shape index (κ2) is 10.6. The number of thioether (sulfide) groups is 1. The van der Waals surface area contributed by atoms with Crippen LogP contribution in [0.15, 0.2) is 23.4 Å². The Morgan fingerprint density at radius 2 is 2.04 bits per heavy atom. The van der Waals surface area contributed by atoms with Crippen molar-refractivity contribution in [1.82, 2.24) is 15.6 Å². The molecule has 0 aliphatic carbocycles. The fraction of sp³-hybridized carbons (Fsp3) is 0.467.